The van der Waals surface area contributed by atoms with Crippen molar-refractivity contribution in [3.05, 3.63) is 28.0 Å². The quantitative estimate of drug-likeness (QED) is 0.686. The molecule has 0 aromatic heterocycles. The molecule has 0 saturated carbocycles. The van der Waals surface area contributed by atoms with Gasteiger partial charge in [0.2, 0.25) is 0 Å². The number of fused-ring (bicyclic) bond motifs is 1. The second-order valence-corrected chi connectivity index (χ2v) is 3.51. The van der Waals surface area contributed by atoms with E-state index in [4.69, 9.17) is 9.68 Å². The van der Waals surface area contributed by atoms with E-state index in [1.54, 1.807) is 0 Å². The first-order valence-corrected chi connectivity index (χ1v) is 4.29. The maximum atomic E-state index is 12.9. The van der Waals surface area contributed by atoms with Crippen LogP contribution in [0.3, 0.4) is 0 Å². The van der Waals surface area contributed by atoms with Gasteiger partial charge in [0.25, 0.3) is 0 Å². The van der Waals surface area contributed by atoms with Crippen molar-refractivity contribution >= 4 is 23.0 Å². The van der Waals surface area contributed by atoms with Crippen LogP contribution in [-0.4, -0.2) is 12.1 Å². The molecule has 1 aromatic rings. The van der Waals surface area contributed by atoms with Gasteiger partial charge in [0.1, 0.15) is 11.6 Å². The van der Waals surface area contributed by atoms with E-state index in [1.165, 1.54) is 12.1 Å². The zero-order valence-electron chi connectivity index (χ0n) is 6.05. The summed E-state index contributed by atoms with van der Waals surface area (Å²) in [5.74, 6) is 0.224. The first-order valence-electron chi connectivity index (χ1n) is 3.49. The Morgan fingerprint density at radius 1 is 1.58 bits per heavy atom. The molecule has 2 rings (SSSR count). The molecular weight excluding hydrogens is 226 g/mol. The highest BCUT2D eigenvalue weighted by Gasteiger charge is 2.27. The summed E-state index contributed by atoms with van der Waals surface area (Å²) in [6.07, 6.45) is 0.361. The normalized spacial score (nSPS) is 14.4. The Labute approximate surface area is 77.6 Å². The molecule has 0 amide bonds. The Morgan fingerprint density at radius 3 is 3.08 bits per heavy atom. The minimum atomic E-state index is -0.825. The third-order valence-electron chi connectivity index (χ3n) is 1.76. The monoisotopic (exact) mass is 230 g/mol. The van der Waals surface area contributed by atoms with E-state index in [0.29, 0.717) is 22.1 Å². The second-order valence-electron chi connectivity index (χ2n) is 2.65. The summed E-state index contributed by atoms with van der Waals surface area (Å²) >= 11 is 3.03. The van der Waals surface area contributed by atoms with E-state index in [0.717, 1.165) is 0 Å². The molecule has 1 aliphatic rings. The highest BCUT2D eigenvalue weighted by molar-refractivity contribution is 9.10. The molecule has 0 aliphatic carbocycles. The fourth-order valence-corrected chi connectivity index (χ4v) is 1.54. The maximum Gasteiger partial charge on any atom is 0.527 e. The largest absolute Gasteiger partial charge is 0.536 e. The van der Waals surface area contributed by atoms with Gasteiger partial charge in [0.05, 0.1) is 4.47 Å². The van der Waals surface area contributed by atoms with E-state index in [2.05, 4.69) is 15.9 Å². The van der Waals surface area contributed by atoms with E-state index in [1.807, 2.05) is 0 Å². The summed E-state index contributed by atoms with van der Waals surface area (Å²) in [7, 11) is -0.825. The summed E-state index contributed by atoms with van der Waals surface area (Å²) < 4.78 is 18.3. The summed E-state index contributed by atoms with van der Waals surface area (Å²) in [5, 5.41) is 9.07. The predicted molar refractivity (Wildman–Crippen MR) is 46.4 cm³/mol. The van der Waals surface area contributed by atoms with Gasteiger partial charge in [0, 0.05) is 6.32 Å². The van der Waals surface area contributed by atoms with Gasteiger partial charge < -0.3 is 9.68 Å². The van der Waals surface area contributed by atoms with Gasteiger partial charge >= 0.3 is 7.12 Å². The Hall–Kier alpha value is -0.545. The molecule has 0 unspecified atom stereocenters. The number of hydrogen-bond acceptors (Lipinski definition) is 2. The van der Waals surface area contributed by atoms with Gasteiger partial charge in [-0.05, 0) is 33.6 Å². The molecular formula is C7H5BBrFO2. The average molecular weight is 231 g/mol. The SMILES string of the molecule is OB1Cc2cc(F)c(Br)cc2O1. The van der Waals surface area contributed by atoms with Gasteiger partial charge in [-0.2, -0.15) is 0 Å². The molecule has 2 nitrogen and oxygen atoms in total. The lowest BCUT2D eigenvalue weighted by atomic mass is 9.85. The van der Waals surface area contributed by atoms with Gasteiger partial charge in [-0.3, -0.25) is 0 Å². The summed E-state index contributed by atoms with van der Waals surface area (Å²) in [6.45, 7) is 0. The third-order valence-corrected chi connectivity index (χ3v) is 2.37. The highest BCUT2D eigenvalue weighted by atomic mass is 79.9. The topological polar surface area (TPSA) is 29.5 Å². The summed E-state index contributed by atoms with van der Waals surface area (Å²) in [4.78, 5) is 0. The molecule has 0 spiro atoms. The van der Waals surface area contributed by atoms with Crippen molar-refractivity contribution in [2.75, 3.05) is 0 Å². The zero-order valence-corrected chi connectivity index (χ0v) is 7.64. The lowest BCUT2D eigenvalue weighted by Gasteiger charge is -2.01. The Bertz CT molecular complexity index is 300. The van der Waals surface area contributed by atoms with E-state index < -0.39 is 7.12 Å². The first-order chi connectivity index (χ1) is 5.66. The molecule has 12 heavy (non-hydrogen) atoms. The van der Waals surface area contributed by atoms with Crippen LogP contribution >= 0.6 is 15.9 Å². The fourth-order valence-electron chi connectivity index (χ4n) is 1.22. The molecule has 1 heterocycles. The smallest absolute Gasteiger partial charge is 0.527 e. The average Bonchev–Trinajstić information content (AvgIpc) is 2.30. The number of rotatable bonds is 0. The van der Waals surface area contributed by atoms with Gasteiger partial charge in [-0.1, -0.05) is 0 Å². The number of hydrogen-bond donors (Lipinski definition) is 1. The zero-order chi connectivity index (χ0) is 8.72. The van der Waals surface area contributed by atoms with E-state index >= 15 is 0 Å². The van der Waals surface area contributed by atoms with Crippen molar-refractivity contribution in [2.24, 2.45) is 0 Å². The lowest BCUT2D eigenvalue weighted by Crippen LogP contribution is -2.17. The molecule has 1 N–H and O–H groups in total. The molecule has 0 atom stereocenters. The standard InChI is InChI=1S/C7H5BBrFO2/c9-5-2-7-4(1-6(5)10)3-8(11)12-7/h1-2,11H,3H2. The second kappa shape index (κ2) is 2.74. The Balaban J connectivity index is 2.48. The molecule has 62 valence electrons. The summed E-state index contributed by atoms with van der Waals surface area (Å²) in [6, 6.07) is 2.90. The molecule has 0 radical (unpaired) electrons. The van der Waals surface area contributed by atoms with Gasteiger partial charge in [-0.25, -0.2) is 4.39 Å². The maximum absolute atomic E-state index is 12.9. The van der Waals surface area contributed by atoms with Crippen molar-refractivity contribution in [3.63, 3.8) is 0 Å². The van der Waals surface area contributed by atoms with Crippen LogP contribution in [0.5, 0.6) is 5.75 Å². The minimum absolute atomic E-state index is 0.327. The first kappa shape index (κ1) is 8.07. The number of benzene rings is 1. The van der Waals surface area contributed by atoms with Crippen LogP contribution in [0.1, 0.15) is 5.56 Å². The summed E-state index contributed by atoms with van der Waals surface area (Å²) in [5.41, 5.74) is 0.711. The molecule has 1 aromatic carbocycles. The van der Waals surface area contributed by atoms with Crippen LogP contribution in [0.25, 0.3) is 0 Å². The molecule has 0 fully saturated rings. The van der Waals surface area contributed by atoms with Crippen molar-refractivity contribution < 1.29 is 14.1 Å². The van der Waals surface area contributed by atoms with Crippen molar-refractivity contribution in [1.82, 2.24) is 0 Å². The van der Waals surface area contributed by atoms with Crippen LogP contribution in [0, 0.1) is 5.82 Å². The van der Waals surface area contributed by atoms with Crippen molar-refractivity contribution in [2.45, 2.75) is 6.32 Å². The molecule has 0 saturated heterocycles. The lowest BCUT2D eigenvalue weighted by molar-refractivity contribution is 0.431. The predicted octanol–water partition coefficient (Wildman–Crippen LogP) is 1.54. The Morgan fingerprint density at radius 2 is 2.33 bits per heavy atom. The molecule has 0 bridgehead atoms. The van der Waals surface area contributed by atoms with Gasteiger partial charge in [-0.15, -0.1) is 0 Å². The third kappa shape index (κ3) is 1.23. The highest BCUT2D eigenvalue weighted by Crippen LogP contribution is 2.31. The van der Waals surface area contributed by atoms with Crippen LogP contribution in [0.2, 0.25) is 0 Å². The van der Waals surface area contributed by atoms with Crippen LogP contribution in [-0.2, 0) is 6.32 Å². The van der Waals surface area contributed by atoms with Crippen LogP contribution < -0.4 is 4.65 Å². The minimum Gasteiger partial charge on any atom is -0.536 e. The fraction of sp³-hybridized carbons (Fsp3) is 0.143. The molecule has 1 aliphatic heterocycles. The molecule has 5 heteroatoms. The van der Waals surface area contributed by atoms with E-state index in [9.17, 15) is 4.39 Å². The Kier molecular flexibility index (Phi) is 1.85. The van der Waals surface area contributed by atoms with E-state index in [-0.39, 0.29) is 5.82 Å². The van der Waals surface area contributed by atoms with Crippen LogP contribution in [0.15, 0.2) is 16.6 Å². The van der Waals surface area contributed by atoms with Crippen molar-refractivity contribution in [3.8, 4) is 5.75 Å². The number of halogens is 2. The van der Waals surface area contributed by atoms with Gasteiger partial charge in [0.15, 0.2) is 0 Å². The van der Waals surface area contributed by atoms with Crippen molar-refractivity contribution in [1.29, 1.82) is 0 Å². The van der Waals surface area contributed by atoms with Crippen LogP contribution in [0.4, 0.5) is 4.39 Å².